The van der Waals surface area contributed by atoms with Crippen LogP contribution in [0.4, 0.5) is 0 Å². The number of nitrogens with one attached hydrogen (secondary N) is 1. The predicted octanol–water partition coefficient (Wildman–Crippen LogP) is 3.50. The first kappa shape index (κ1) is 14.9. The number of methoxy groups -OCH3 is 1. The molecule has 2 N–H and O–H groups in total. The zero-order valence-corrected chi connectivity index (χ0v) is 13.0. The van der Waals surface area contributed by atoms with Crippen LogP contribution in [-0.2, 0) is 13.0 Å². The third kappa shape index (κ3) is 4.25. The average molecular weight is 336 g/mol. The molecule has 3 nitrogen and oxygen atoms in total. The number of hydrogen-bond donors (Lipinski definition) is 2. The fourth-order valence-corrected chi connectivity index (χ4v) is 2.32. The molecule has 0 aromatic heterocycles. The second-order valence-corrected chi connectivity index (χ2v) is 5.40. The van der Waals surface area contributed by atoms with Gasteiger partial charge in [-0.15, -0.1) is 0 Å². The first-order valence-corrected chi connectivity index (χ1v) is 7.29. The summed E-state index contributed by atoms with van der Waals surface area (Å²) in [5.41, 5.74) is 2.38. The third-order valence-corrected chi connectivity index (χ3v) is 3.87. The van der Waals surface area contributed by atoms with Crippen molar-refractivity contribution in [2.24, 2.45) is 0 Å². The van der Waals surface area contributed by atoms with Gasteiger partial charge in [0.05, 0.1) is 7.11 Å². The summed E-state index contributed by atoms with van der Waals surface area (Å²) >= 11 is 3.54. The molecule has 2 aromatic carbocycles. The third-order valence-electron chi connectivity index (χ3n) is 3.10. The second kappa shape index (κ2) is 7.31. The SMILES string of the molecule is COc1ccc(Br)c(CNCCc2ccc(O)cc2)c1. The molecule has 0 saturated carbocycles. The summed E-state index contributed by atoms with van der Waals surface area (Å²) in [6, 6.07) is 13.3. The largest absolute Gasteiger partial charge is 0.508 e. The zero-order valence-electron chi connectivity index (χ0n) is 11.4. The first-order valence-electron chi connectivity index (χ1n) is 6.50. The van der Waals surface area contributed by atoms with Gasteiger partial charge in [0, 0.05) is 11.0 Å². The van der Waals surface area contributed by atoms with Crippen LogP contribution in [0.3, 0.4) is 0 Å². The summed E-state index contributed by atoms with van der Waals surface area (Å²) in [6.07, 6.45) is 0.932. The highest BCUT2D eigenvalue weighted by atomic mass is 79.9. The van der Waals surface area contributed by atoms with Crippen LogP contribution in [0.5, 0.6) is 11.5 Å². The van der Waals surface area contributed by atoms with Crippen molar-refractivity contribution in [3.05, 3.63) is 58.1 Å². The molecule has 0 amide bonds. The van der Waals surface area contributed by atoms with Gasteiger partial charge < -0.3 is 15.2 Å². The highest BCUT2D eigenvalue weighted by Gasteiger charge is 2.02. The maximum absolute atomic E-state index is 9.22. The van der Waals surface area contributed by atoms with Gasteiger partial charge in [0.2, 0.25) is 0 Å². The van der Waals surface area contributed by atoms with Crippen molar-refractivity contribution in [2.75, 3.05) is 13.7 Å². The normalized spacial score (nSPS) is 10.5. The van der Waals surface area contributed by atoms with Crippen LogP contribution in [0, 0.1) is 0 Å². The Hall–Kier alpha value is -1.52. The lowest BCUT2D eigenvalue weighted by atomic mass is 10.1. The monoisotopic (exact) mass is 335 g/mol. The number of benzene rings is 2. The highest BCUT2D eigenvalue weighted by molar-refractivity contribution is 9.10. The zero-order chi connectivity index (χ0) is 14.4. The number of hydrogen-bond acceptors (Lipinski definition) is 3. The maximum Gasteiger partial charge on any atom is 0.119 e. The molecule has 0 aliphatic carbocycles. The molecule has 20 heavy (non-hydrogen) atoms. The number of aromatic hydroxyl groups is 1. The van der Waals surface area contributed by atoms with Crippen molar-refractivity contribution in [1.29, 1.82) is 0 Å². The molecule has 106 valence electrons. The number of phenols is 1. The lowest BCUT2D eigenvalue weighted by Gasteiger charge is -2.09. The van der Waals surface area contributed by atoms with E-state index >= 15 is 0 Å². The molecule has 0 spiro atoms. The highest BCUT2D eigenvalue weighted by Crippen LogP contribution is 2.22. The van der Waals surface area contributed by atoms with Gasteiger partial charge in [-0.2, -0.15) is 0 Å². The summed E-state index contributed by atoms with van der Waals surface area (Å²) in [5, 5.41) is 12.6. The fourth-order valence-electron chi connectivity index (χ4n) is 1.93. The number of ether oxygens (including phenoxy) is 1. The van der Waals surface area contributed by atoms with E-state index in [1.807, 2.05) is 30.3 Å². The van der Waals surface area contributed by atoms with Gasteiger partial charge in [0.25, 0.3) is 0 Å². The minimum atomic E-state index is 0.307. The Balaban J connectivity index is 1.82. The van der Waals surface area contributed by atoms with E-state index < -0.39 is 0 Å². The molecule has 0 aliphatic rings. The summed E-state index contributed by atoms with van der Waals surface area (Å²) in [4.78, 5) is 0. The van der Waals surface area contributed by atoms with Crippen molar-refractivity contribution in [1.82, 2.24) is 5.32 Å². The topological polar surface area (TPSA) is 41.5 Å². The molecule has 0 saturated heterocycles. The molecule has 0 fully saturated rings. The Morgan fingerprint density at radius 2 is 1.90 bits per heavy atom. The van der Waals surface area contributed by atoms with Crippen molar-refractivity contribution < 1.29 is 9.84 Å². The standard InChI is InChI=1S/C16H18BrNO2/c1-20-15-6-7-16(17)13(10-15)11-18-9-8-12-2-4-14(19)5-3-12/h2-7,10,18-19H,8-9,11H2,1H3. The van der Waals surface area contributed by atoms with Gasteiger partial charge in [-0.25, -0.2) is 0 Å². The van der Waals surface area contributed by atoms with Crippen LogP contribution in [-0.4, -0.2) is 18.8 Å². The fraction of sp³-hybridized carbons (Fsp3) is 0.250. The van der Waals surface area contributed by atoms with E-state index in [4.69, 9.17) is 4.74 Å². The van der Waals surface area contributed by atoms with Gasteiger partial charge >= 0.3 is 0 Å². The van der Waals surface area contributed by atoms with Crippen molar-refractivity contribution in [3.8, 4) is 11.5 Å². The predicted molar refractivity (Wildman–Crippen MR) is 84.2 cm³/mol. The van der Waals surface area contributed by atoms with Crippen molar-refractivity contribution in [2.45, 2.75) is 13.0 Å². The summed E-state index contributed by atoms with van der Waals surface area (Å²) in [5.74, 6) is 1.17. The van der Waals surface area contributed by atoms with E-state index in [2.05, 4.69) is 21.2 Å². The van der Waals surface area contributed by atoms with Crippen LogP contribution in [0.1, 0.15) is 11.1 Å². The maximum atomic E-state index is 9.22. The molecule has 0 radical (unpaired) electrons. The molecule has 4 heteroatoms. The van der Waals surface area contributed by atoms with Crippen LogP contribution >= 0.6 is 15.9 Å². The minimum absolute atomic E-state index is 0.307. The Morgan fingerprint density at radius 3 is 2.60 bits per heavy atom. The molecular formula is C16H18BrNO2. The van der Waals surface area contributed by atoms with E-state index in [1.165, 1.54) is 11.1 Å². The van der Waals surface area contributed by atoms with Gasteiger partial charge in [0.15, 0.2) is 0 Å². The summed E-state index contributed by atoms with van der Waals surface area (Å²) < 4.78 is 6.30. The van der Waals surface area contributed by atoms with E-state index in [0.717, 1.165) is 29.7 Å². The molecule has 0 unspecified atom stereocenters. The first-order chi connectivity index (χ1) is 9.69. The van der Waals surface area contributed by atoms with E-state index in [-0.39, 0.29) is 0 Å². The molecule has 0 bridgehead atoms. The molecule has 0 aliphatic heterocycles. The minimum Gasteiger partial charge on any atom is -0.508 e. The Bertz CT molecular complexity index is 555. The van der Waals surface area contributed by atoms with Crippen molar-refractivity contribution >= 4 is 15.9 Å². The van der Waals surface area contributed by atoms with E-state index in [9.17, 15) is 5.11 Å². The van der Waals surface area contributed by atoms with Gasteiger partial charge in [-0.05, 0) is 54.4 Å². The summed E-state index contributed by atoms with van der Waals surface area (Å²) in [6.45, 7) is 1.67. The van der Waals surface area contributed by atoms with Crippen molar-refractivity contribution in [3.63, 3.8) is 0 Å². The number of rotatable bonds is 6. The molecule has 0 atom stereocenters. The number of halogens is 1. The second-order valence-electron chi connectivity index (χ2n) is 4.55. The Morgan fingerprint density at radius 1 is 1.15 bits per heavy atom. The Kier molecular flexibility index (Phi) is 5.44. The van der Waals surface area contributed by atoms with Gasteiger partial charge in [-0.3, -0.25) is 0 Å². The lowest BCUT2D eigenvalue weighted by molar-refractivity contribution is 0.414. The van der Waals surface area contributed by atoms with Crippen LogP contribution < -0.4 is 10.1 Å². The smallest absolute Gasteiger partial charge is 0.119 e. The van der Waals surface area contributed by atoms with Crippen LogP contribution in [0.2, 0.25) is 0 Å². The van der Waals surface area contributed by atoms with Gasteiger partial charge in [0.1, 0.15) is 11.5 Å². The quantitative estimate of drug-likeness (QED) is 0.794. The Labute approximate surface area is 127 Å². The van der Waals surface area contributed by atoms with Crippen LogP contribution in [0.15, 0.2) is 46.9 Å². The van der Waals surface area contributed by atoms with Gasteiger partial charge in [-0.1, -0.05) is 28.1 Å². The number of phenolic OH excluding ortho intramolecular Hbond substituents is 1. The average Bonchev–Trinajstić information content (AvgIpc) is 2.47. The molecule has 2 rings (SSSR count). The molecule has 0 heterocycles. The molecular weight excluding hydrogens is 318 g/mol. The van der Waals surface area contributed by atoms with E-state index in [1.54, 1.807) is 19.2 Å². The lowest BCUT2D eigenvalue weighted by Crippen LogP contribution is -2.17. The summed E-state index contributed by atoms with van der Waals surface area (Å²) in [7, 11) is 1.67. The molecule has 2 aromatic rings. The van der Waals surface area contributed by atoms with E-state index in [0.29, 0.717) is 5.75 Å². The van der Waals surface area contributed by atoms with Crippen LogP contribution in [0.25, 0.3) is 0 Å².